The number of hydrogen-bond donors (Lipinski definition) is 3. The number of aliphatic hydroxyl groups excluding tert-OH is 1. The van der Waals surface area contributed by atoms with Crippen LogP contribution in [0.1, 0.15) is 79.1 Å². The maximum absolute atomic E-state index is 9.63. The normalized spacial score (nSPS) is 11.9. The van der Waals surface area contributed by atoms with Gasteiger partial charge in [0.2, 0.25) is 0 Å². The molecule has 1 atom stereocenters. The van der Waals surface area contributed by atoms with E-state index < -0.39 is 16.7 Å². The van der Waals surface area contributed by atoms with E-state index in [1.807, 2.05) is 13.8 Å². The van der Waals surface area contributed by atoms with E-state index in [2.05, 4.69) is 13.8 Å². The third-order valence-electron chi connectivity index (χ3n) is 7.96. The monoisotopic (exact) mass is 991 g/mol. The van der Waals surface area contributed by atoms with E-state index in [9.17, 15) is 5.11 Å². The Bertz CT molecular complexity index is 908. The van der Waals surface area contributed by atoms with Crippen molar-refractivity contribution in [2.45, 2.75) is 85.4 Å². The van der Waals surface area contributed by atoms with Gasteiger partial charge in [-0.2, -0.15) is 8.42 Å². The van der Waals surface area contributed by atoms with Crippen LogP contribution >= 0.6 is 0 Å². The topological polar surface area (TPSA) is 243 Å². The molecule has 0 amide bonds. The van der Waals surface area contributed by atoms with Gasteiger partial charge in [-0.05, 0) is 26.7 Å². The fourth-order valence-corrected chi connectivity index (χ4v) is 4.66. The summed E-state index contributed by atoms with van der Waals surface area (Å²) in [5, 5.41) is 9.63. The molecule has 0 aliphatic rings. The number of aliphatic hydroxyl groups is 1. The fourth-order valence-electron chi connectivity index (χ4n) is 4.66. The quantitative estimate of drug-likeness (QED) is 0.0441. The van der Waals surface area contributed by atoms with Crippen molar-refractivity contribution in [2.24, 2.45) is 0 Å². The minimum absolute atomic E-state index is 0.197. The minimum Gasteiger partial charge on any atom is -0.379 e. The van der Waals surface area contributed by atoms with Crippen LogP contribution in [-0.4, -0.2) is 234 Å². The largest absolute Gasteiger partial charge is 0.394 e. The number of rotatable bonds is 54. The molecule has 0 aromatic rings. The zero-order chi connectivity index (χ0) is 49.0. The summed E-state index contributed by atoms with van der Waals surface area (Å²) in [6.07, 6.45) is 8.63. The van der Waals surface area contributed by atoms with Crippen LogP contribution in [0.5, 0.6) is 0 Å². The highest BCUT2D eigenvalue weighted by molar-refractivity contribution is 7.79. The lowest BCUT2D eigenvalue weighted by atomic mass is 10.2. The van der Waals surface area contributed by atoms with Crippen LogP contribution in [0, 0.1) is 0 Å². The summed E-state index contributed by atoms with van der Waals surface area (Å²) in [5.74, 6) is 0. The molecule has 22 heteroatoms. The van der Waals surface area contributed by atoms with E-state index in [1.165, 1.54) is 32.1 Å². The van der Waals surface area contributed by atoms with Crippen LogP contribution < -0.4 is 0 Å². The average Bonchev–Trinajstić information content (AvgIpc) is 3.29. The lowest BCUT2D eigenvalue weighted by Gasteiger charge is -2.12. The van der Waals surface area contributed by atoms with Crippen molar-refractivity contribution < 1.29 is 98.4 Å². The van der Waals surface area contributed by atoms with Gasteiger partial charge in [0.1, 0.15) is 0 Å². The Labute approximate surface area is 398 Å². The SMILES string of the molecule is CCCCCCOCC(O)OCCOCCOCCOCCOCCOCCOCC.CCCCCCOCCOCCOCCOCCOCCOCCOCCOCC.O=S(=O)(O)O. The summed E-state index contributed by atoms with van der Waals surface area (Å²) in [6.45, 7) is 25.7. The van der Waals surface area contributed by atoms with Gasteiger partial charge >= 0.3 is 10.4 Å². The van der Waals surface area contributed by atoms with E-state index in [1.54, 1.807) is 0 Å². The molecule has 66 heavy (non-hydrogen) atoms. The Balaban J connectivity index is -0.00000109. The molecule has 0 bridgehead atoms. The van der Waals surface area contributed by atoms with Crippen molar-refractivity contribution in [3.8, 4) is 0 Å². The highest BCUT2D eigenvalue weighted by Gasteiger charge is 2.04. The van der Waals surface area contributed by atoms with Gasteiger partial charge in [0.05, 0.1) is 178 Å². The summed E-state index contributed by atoms with van der Waals surface area (Å²) in [7, 11) is -4.67. The van der Waals surface area contributed by atoms with Crippen LogP contribution in [0.25, 0.3) is 0 Å². The lowest BCUT2D eigenvalue weighted by Crippen LogP contribution is -2.22. The molecule has 1 unspecified atom stereocenters. The molecule has 3 N–H and O–H groups in total. The van der Waals surface area contributed by atoms with Gasteiger partial charge in [-0.3, -0.25) is 9.11 Å². The first-order valence-electron chi connectivity index (χ1n) is 23.9. The number of ether oxygens (including phenoxy) is 16. The second kappa shape index (κ2) is 64.2. The van der Waals surface area contributed by atoms with Crippen molar-refractivity contribution in [2.75, 3.05) is 205 Å². The second-order valence-corrected chi connectivity index (χ2v) is 14.6. The molecule has 21 nitrogen and oxygen atoms in total. The Kier molecular flexibility index (Phi) is 67.5. The highest BCUT2D eigenvalue weighted by Crippen LogP contribution is 2.00. The van der Waals surface area contributed by atoms with E-state index in [0.717, 1.165) is 32.5 Å². The lowest BCUT2D eigenvalue weighted by molar-refractivity contribution is -0.147. The van der Waals surface area contributed by atoms with Crippen molar-refractivity contribution in [1.29, 1.82) is 0 Å². The Morgan fingerprint density at radius 1 is 0.303 bits per heavy atom. The summed E-state index contributed by atoms with van der Waals surface area (Å²) in [6, 6.07) is 0. The van der Waals surface area contributed by atoms with Crippen molar-refractivity contribution >= 4 is 10.4 Å². The van der Waals surface area contributed by atoms with Crippen LogP contribution in [0.3, 0.4) is 0 Å². The summed E-state index contributed by atoms with van der Waals surface area (Å²) in [5.41, 5.74) is 0. The van der Waals surface area contributed by atoms with Crippen molar-refractivity contribution in [3.05, 3.63) is 0 Å². The van der Waals surface area contributed by atoms with Gasteiger partial charge in [-0.15, -0.1) is 0 Å². The third-order valence-corrected chi connectivity index (χ3v) is 7.96. The van der Waals surface area contributed by atoms with Gasteiger partial charge in [0.25, 0.3) is 0 Å². The molecule has 0 fully saturated rings. The third kappa shape index (κ3) is 80.2. The average molecular weight is 991 g/mol. The summed E-state index contributed by atoms with van der Waals surface area (Å²) >= 11 is 0. The molecule has 0 saturated carbocycles. The molecule has 0 radical (unpaired) electrons. The number of unbranched alkanes of at least 4 members (excludes halogenated alkanes) is 6. The van der Waals surface area contributed by atoms with Gasteiger partial charge in [-0.1, -0.05) is 52.4 Å². The fraction of sp³-hybridized carbons (Fsp3) is 1.00. The van der Waals surface area contributed by atoms with Crippen molar-refractivity contribution in [3.63, 3.8) is 0 Å². The molecule has 0 saturated heterocycles. The molecule has 0 aliphatic carbocycles. The first-order valence-corrected chi connectivity index (χ1v) is 25.3. The second-order valence-electron chi connectivity index (χ2n) is 13.7. The van der Waals surface area contributed by atoms with E-state index in [-0.39, 0.29) is 6.61 Å². The van der Waals surface area contributed by atoms with Crippen LogP contribution in [0.2, 0.25) is 0 Å². The Morgan fingerprint density at radius 2 is 0.515 bits per heavy atom. The molecule has 402 valence electrons. The zero-order valence-corrected chi connectivity index (χ0v) is 42.1. The highest BCUT2D eigenvalue weighted by atomic mass is 32.3. The van der Waals surface area contributed by atoms with Gasteiger partial charge in [-0.25, -0.2) is 0 Å². The van der Waals surface area contributed by atoms with Crippen molar-refractivity contribution in [1.82, 2.24) is 0 Å². The first-order chi connectivity index (χ1) is 32.2. The maximum atomic E-state index is 9.63. The maximum Gasteiger partial charge on any atom is 0.394 e. The predicted molar refractivity (Wildman–Crippen MR) is 248 cm³/mol. The summed E-state index contributed by atoms with van der Waals surface area (Å²) in [4.78, 5) is 0. The Hall–Kier alpha value is -0.810. The zero-order valence-electron chi connectivity index (χ0n) is 41.3. The number of hydrogen-bond acceptors (Lipinski definition) is 19. The van der Waals surface area contributed by atoms with Gasteiger partial charge in [0.15, 0.2) is 6.29 Å². The minimum atomic E-state index is -4.67. The molecule has 0 heterocycles. The molecule has 0 spiro atoms. The van der Waals surface area contributed by atoms with Gasteiger partial charge < -0.3 is 80.9 Å². The van der Waals surface area contributed by atoms with E-state index in [0.29, 0.717) is 185 Å². The van der Waals surface area contributed by atoms with E-state index in [4.69, 9.17) is 93.3 Å². The van der Waals surface area contributed by atoms with Crippen LogP contribution in [0.15, 0.2) is 0 Å². The molecule has 0 aliphatic heterocycles. The molecular weight excluding hydrogens is 897 g/mol. The summed E-state index contributed by atoms with van der Waals surface area (Å²) < 4.78 is 117. The van der Waals surface area contributed by atoms with Crippen LogP contribution in [0.4, 0.5) is 0 Å². The van der Waals surface area contributed by atoms with Crippen LogP contribution in [-0.2, 0) is 86.2 Å². The van der Waals surface area contributed by atoms with E-state index >= 15 is 0 Å². The predicted octanol–water partition coefficient (Wildman–Crippen LogP) is 4.10. The standard InChI is InChI=1S/C22H46O9.C22H46O8.H2O4S/c1-3-5-6-7-8-30-21-22(23)31-20-19-29-18-17-28-16-15-27-14-13-26-12-11-25-10-9-24-4-2;1-3-5-6-7-8-24-11-12-26-15-16-28-19-20-30-22-21-29-18-17-27-14-13-25-10-9-23-4-2;1-5(2,3)4/h22-23H,3-21H2,1-2H3;3-22H2,1-2H3;(H2,1,2,3,4). The molecule has 0 aromatic carbocycles. The van der Waals surface area contributed by atoms with Gasteiger partial charge in [0, 0.05) is 26.4 Å². The first kappa shape index (κ1) is 69.5. The molecule has 0 aromatic heterocycles. The Morgan fingerprint density at radius 3 is 0.758 bits per heavy atom. The smallest absolute Gasteiger partial charge is 0.379 e. The molecular formula is C44H94O21S. The molecule has 0 rings (SSSR count).